The molecule has 9 nitrogen and oxygen atoms in total. The van der Waals surface area contributed by atoms with E-state index < -0.39 is 47.7 Å². The first-order valence-electron chi connectivity index (χ1n) is 11.9. The molecule has 37 heavy (non-hydrogen) atoms. The van der Waals surface area contributed by atoms with E-state index in [4.69, 9.17) is 9.72 Å². The summed E-state index contributed by atoms with van der Waals surface area (Å²) in [4.78, 5) is 42.7. The number of rotatable bonds is 3. The van der Waals surface area contributed by atoms with Crippen molar-refractivity contribution in [2.75, 3.05) is 6.61 Å². The van der Waals surface area contributed by atoms with Crippen LogP contribution in [0.15, 0.2) is 16.9 Å². The molecule has 11 heteroatoms. The number of nitrogens with zero attached hydrogens (tertiary/aromatic N) is 2. The molecule has 1 aromatic carbocycles. The lowest BCUT2D eigenvalue weighted by Crippen LogP contribution is -2.46. The number of pyridine rings is 2. The fourth-order valence-electron chi connectivity index (χ4n) is 5.63. The van der Waals surface area contributed by atoms with Crippen molar-refractivity contribution in [2.24, 2.45) is 0 Å². The van der Waals surface area contributed by atoms with Crippen LogP contribution < -0.4 is 10.9 Å². The molecule has 3 atom stereocenters. The Morgan fingerprint density at radius 2 is 2.05 bits per heavy atom. The molecule has 2 aromatic heterocycles. The SMILES string of the molecule is Cc1c(F)cc2nc3c(c4c2c1CC[C@@H]4NC(=O)C(C)(F)CO)Cn1c-3cc2c(c1=O)COC(=O)[C@H]2O. The second-order valence-electron chi connectivity index (χ2n) is 9.99. The number of hydrogen-bond donors (Lipinski definition) is 3. The number of alkyl halides is 1. The van der Waals surface area contributed by atoms with Gasteiger partial charge in [-0.3, -0.25) is 9.59 Å². The van der Waals surface area contributed by atoms with Gasteiger partial charge in [0, 0.05) is 22.6 Å². The van der Waals surface area contributed by atoms with E-state index in [2.05, 4.69) is 5.32 Å². The minimum atomic E-state index is -2.50. The summed E-state index contributed by atoms with van der Waals surface area (Å²) in [7, 11) is 0. The van der Waals surface area contributed by atoms with Gasteiger partial charge in [-0.2, -0.15) is 0 Å². The number of esters is 1. The Balaban J connectivity index is 1.61. The Hall–Kier alpha value is -3.70. The third-order valence-corrected chi connectivity index (χ3v) is 7.72. The van der Waals surface area contributed by atoms with Crippen LogP contribution in [0.3, 0.4) is 0 Å². The Labute approximate surface area is 208 Å². The summed E-state index contributed by atoms with van der Waals surface area (Å²) in [5, 5.41) is 23.0. The monoisotopic (exact) mass is 511 g/mol. The molecule has 0 saturated carbocycles. The lowest BCUT2D eigenvalue weighted by Gasteiger charge is -2.31. The predicted octanol–water partition coefficient (Wildman–Crippen LogP) is 1.79. The van der Waals surface area contributed by atoms with E-state index in [1.165, 1.54) is 16.7 Å². The standard InChI is InChI=1S/C26H23F2N3O6/c1-10-11-3-4-16(30-25(36)26(2,28)9-32)20-13-7-31-18(21(13)29-17(19(11)20)6-15(10)27)5-12-14(23(31)34)8-37-24(35)22(12)33/h5-6,16,22,32-33H,3-4,7-9H2,1-2H3,(H,30,36)/t16-,22-,26?/m0/s1. The molecular formula is C26H23F2N3O6. The normalized spacial score (nSPS) is 21.1. The van der Waals surface area contributed by atoms with E-state index in [0.717, 1.165) is 12.5 Å². The third-order valence-electron chi connectivity index (χ3n) is 7.72. The van der Waals surface area contributed by atoms with E-state index in [-0.39, 0.29) is 24.3 Å². The molecule has 1 unspecified atom stereocenters. The second kappa shape index (κ2) is 7.90. The van der Waals surface area contributed by atoms with Crippen LogP contribution >= 0.6 is 0 Å². The molecule has 0 saturated heterocycles. The van der Waals surface area contributed by atoms with Gasteiger partial charge in [-0.25, -0.2) is 18.6 Å². The first-order chi connectivity index (χ1) is 17.5. The molecule has 4 heterocycles. The van der Waals surface area contributed by atoms with Gasteiger partial charge >= 0.3 is 5.97 Å². The largest absolute Gasteiger partial charge is 0.458 e. The summed E-state index contributed by atoms with van der Waals surface area (Å²) < 4.78 is 35.9. The molecule has 3 N–H and O–H groups in total. The van der Waals surface area contributed by atoms with Crippen molar-refractivity contribution >= 4 is 22.8 Å². The Morgan fingerprint density at radius 1 is 1.30 bits per heavy atom. The maximum Gasteiger partial charge on any atom is 0.340 e. The zero-order valence-electron chi connectivity index (χ0n) is 20.0. The number of hydrogen-bond acceptors (Lipinski definition) is 7. The quantitative estimate of drug-likeness (QED) is 0.358. The van der Waals surface area contributed by atoms with Gasteiger partial charge in [0.15, 0.2) is 6.10 Å². The van der Waals surface area contributed by atoms with Crippen molar-refractivity contribution in [3.05, 3.63) is 61.7 Å². The average Bonchev–Trinajstić information content (AvgIpc) is 3.24. The number of benzene rings is 1. The highest BCUT2D eigenvalue weighted by molar-refractivity contribution is 5.94. The van der Waals surface area contributed by atoms with Crippen molar-refractivity contribution in [3.63, 3.8) is 0 Å². The second-order valence-corrected chi connectivity index (χ2v) is 9.99. The number of nitrogens with one attached hydrogen (secondary N) is 1. The van der Waals surface area contributed by atoms with Gasteiger partial charge in [-0.15, -0.1) is 0 Å². The van der Waals surface area contributed by atoms with Crippen molar-refractivity contribution < 1.29 is 33.3 Å². The van der Waals surface area contributed by atoms with Crippen LogP contribution in [0, 0.1) is 12.7 Å². The van der Waals surface area contributed by atoms with E-state index >= 15 is 0 Å². The fourth-order valence-corrected chi connectivity index (χ4v) is 5.63. The van der Waals surface area contributed by atoms with Gasteiger partial charge in [-0.1, -0.05) is 0 Å². The molecule has 0 bridgehead atoms. The highest BCUT2D eigenvalue weighted by Crippen LogP contribution is 2.45. The maximum atomic E-state index is 14.9. The molecular weight excluding hydrogens is 488 g/mol. The van der Waals surface area contributed by atoms with E-state index in [9.17, 15) is 33.4 Å². The molecule has 0 radical (unpaired) electrons. The summed E-state index contributed by atoms with van der Waals surface area (Å²) in [6.07, 6.45) is -0.864. The van der Waals surface area contributed by atoms with Crippen molar-refractivity contribution in [2.45, 2.75) is 57.7 Å². The minimum absolute atomic E-state index is 0.0776. The number of fused-ring (bicyclic) bond motifs is 5. The number of carbonyl (C=O) groups is 2. The van der Waals surface area contributed by atoms with Gasteiger partial charge in [0.1, 0.15) is 12.4 Å². The zero-order chi connectivity index (χ0) is 26.4. The molecule has 0 fully saturated rings. The number of amides is 1. The summed E-state index contributed by atoms with van der Waals surface area (Å²) >= 11 is 0. The molecule has 1 aliphatic carbocycles. The van der Waals surface area contributed by atoms with Crippen LogP contribution in [0.1, 0.15) is 58.9 Å². The maximum absolute atomic E-state index is 14.9. The Kier molecular flexibility index (Phi) is 5.06. The fraction of sp³-hybridized carbons (Fsp3) is 0.385. The number of aliphatic hydroxyl groups excluding tert-OH is 2. The molecule has 192 valence electrons. The third kappa shape index (κ3) is 3.27. The number of aliphatic hydroxyl groups is 2. The van der Waals surface area contributed by atoms with Crippen LogP contribution in [0.25, 0.3) is 22.3 Å². The molecule has 2 aliphatic heterocycles. The summed E-state index contributed by atoms with van der Waals surface area (Å²) in [5.41, 5.74) is 0.743. The summed E-state index contributed by atoms with van der Waals surface area (Å²) in [6.45, 7) is 1.46. The number of aromatic nitrogens is 2. The number of cyclic esters (lactones) is 1. The van der Waals surface area contributed by atoms with Gasteiger partial charge in [0.25, 0.3) is 11.5 Å². The average molecular weight is 511 g/mol. The molecule has 1 amide bonds. The first-order valence-corrected chi connectivity index (χ1v) is 11.9. The predicted molar refractivity (Wildman–Crippen MR) is 126 cm³/mol. The van der Waals surface area contributed by atoms with Crippen LogP contribution in [0.5, 0.6) is 0 Å². The van der Waals surface area contributed by atoms with Crippen molar-refractivity contribution in [3.8, 4) is 11.4 Å². The van der Waals surface area contributed by atoms with Gasteiger partial charge in [0.2, 0.25) is 5.67 Å². The number of carbonyl (C=O) groups excluding carboxylic acids is 2. The molecule has 0 spiro atoms. The van der Waals surface area contributed by atoms with E-state index in [0.29, 0.717) is 51.8 Å². The molecule has 3 aliphatic rings. The van der Waals surface area contributed by atoms with E-state index in [1.807, 2.05) is 0 Å². The van der Waals surface area contributed by atoms with Crippen LogP contribution in [0.4, 0.5) is 8.78 Å². The molecule has 6 rings (SSSR count). The van der Waals surface area contributed by atoms with Crippen molar-refractivity contribution in [1.29, 1.82) is 0 Å². The van der Waals surface area contributed by atoms with Gasteiger partial charge < -0.3 is 24.8 Å². The van der Waals surface area contributed by atoms with Crippen LogP contribution in [-0.2, 0) is 33.9 Å². The first kappa shape index (κ1) is 23.7. The lowest BCUT2D eigenvalue weighted by atomic mass is 9.81. The minimum Gasteiger partial charge on any atom is -0.458 e. The summed E-state index contributed by atoms with van der Waals surface area (Å²) in [6, 6.07) is 2.13. The van der Waals surface area contributed by atoms with E-state index in [1.54, 1.807) is 6.92 Å². The smallest absolute Gasteiger partial charge is 0.340 e. The topological polar surface area (TPSA) is 131 Å². The van der Waals surface area contributed by atoms with Crippen LogP contribution in [0.2, 0.25) is 0 Å². The lowest BCUT2D eigenvalue weighted by molar-refractivity contribution is -0.157. The van der Waals surface area contributed by atoms with Crippen LogP contribution in [-0.4, -0.2) is 43.9 Å². The Bertz CT molecular complexity index is 1610. The van der Waals surface area contributed by atoms with Gasteiger partial charge in [-0.05, 0) is 49.4 Å². The highest BCUT2D eigenvalue weighted by Gasteiger charge is 2.39. The highest BCUT2D eigenvalue weighted by atomic mass is 19.1. The number of aryl methyl sites for hydroxylation is 1. The van der Waals surface area contributed by atoms with Gasteiger partial charge in [0.05, 0.1) is 41.7 Å². The Morgan fingerprint density at radius 3 is 2.78 bits per heavy atom. The zero-order valence-corrected chi connectivity index (χ0v) is 20.0. The van der Waals surface area contributed by atoms with Crippen molar-refractivity contribution in [1.82, 2.24) is 14.9 Å². The summed E-state index contributed by atoms with van der Waals surface area (Å²) in [5.74, 6) is -2.29. The number of halogens is 2. The number of ether oxygens (including phenoxy) is 1. The molecule has 3 aromatic rings.